The van der Waals surface area contributed by atoms with E-state index in [0.717, 1.165) is 29.8 Å². The summed E-state index contributed by atoms with van der Waals surface area (Å²) in [6.07, 6.45) is -4.74. The van der Waals surface area contributed by atoms with E-state index < -0.39 is 51.8 Å². The molecule has 34 heavy (non-hydrogen) atoms. The van der Waals surface area contributed by atoms with Gasteiger partial charge in [-0.3, -0.25) is 9.45 Å². The summed E-state index contributed by atoms with van der Waals surface area (Å²) in [7, 11) is -3.67. The van der Waals surface area contributed by atoms with Gasteiger partial charge in [-0.1, -0.05) is 18.2 Å². The summed E-state index contributed by atoms with van der Waals surface area (Å²) in [6.45, 7) is 2.13. The third-order valence-electron chi connectivity index (χ3n) is 5.62. The second kappa shape index (κ2) is 11.0. The smallest absolute Gasteiger partial charge is 0.416 e. The van der Waals surface area contributed by atoms with Crippen LogP contribution in [0.3, 0.4) is 0 Å². The normalized spacial score (nSPS) is 21.3. The van der Waals surface area contributed by atoms with Gasteiger partial charge in [-0.15, -0.1) is 0 Å². The number of benzene rings is 2. The molecule has 2 aromatic rings. The molecule has 1 saturated heterocycles. The molecular weight excluding hydrogens is 482 g/mol. The number of alkyl halides is 3. The molecule has 12 heteroatoms. The number of phenolic OH excluding ortho intramolecular Hbond substituents is 1. The van der Waals surface area contributed by atoms with Crippen molar-refractivity contribution in [2.45, 2.75) is 50.2 Å². The number of halogens is 4. The lowest BCUT2D eigenvalue weighted by atomic mass is 9.87. The lowest BCUT2D eigenvalue weighted by Crippen LogP contribution is -2.49. The predicted molar refractivity (Wildman–Crippen MR) is 116 cm³/mol. The molecule has 0 amide bonds. The highest BCUT2D eigenvalue weighted by Gasteiger charge is 2.35. The van der Waals surface area contributed by atoms with Crippen molar-refractivity contribution >= 4 is 10.1 Å². The highest BCUT2D eigenvalue weighted by molar-refractivity contribution is 7.85. The number of likely N-dealkylation sites (tertiary alicyclic amines) is 1. The topological polar surface area (TPSA) is 118 Å². The number of aromatic hydroxyl groups is 1. The molecule has 0 saturated carbocycles. The maximum absolute atomic E-state index is 13.6. The Kier molecular flexibility index (Phi) is 9.05. The molecule has 0 bridgehead atoms. The van der Waals surface area contributed by atoms with Gasteiger partial charge in [-0.05, 0) is 61.1 Å². The van der Waals surface area contributed by atoms with E-state index in [9.17, 15) is 41.3 Å². The summed E-state index contributed by atoms with van der Waals surface area (Å²) in [6, 6.07) is 8.06. The first-order valence-electron chi connectivity index (χ1n) is 10.3. The van der Waals surface area contributed by atoms with Gasteiger partial charge in [0.1, 0.15) is 6.23 Å². The summed E-state index contributed by atoms with van der Waals surface area (Å²) in [5, 5.41) is 30.4. The van der Waals surface area contributed by atoms with Crippen LogP contribution in [0.25, 0.3) is 0 Å². The van der Waals surface area contributed by atoms with Crippen molar-refractivity contribution < 1.29 is 45.9 Å². The van der Waals surface area contributed by atoms with Crippen LogP contribution >= 0.6 is 0 Å². The van der Waals surface area contributed by atoms with Crippen LogP contribution in [-0.4, -0.2) is 58.3 Å². The van der Waals surface area contributed by atoms with Crippen LogP contribution in [0.2, 0.25) is 0 Å². The molecule has 0 aromatic heterocycles. The Hall–Kier alpha value is -2.25. The number of phenols is 1. The van der Waals surface area contributed by atoms with Crippen molar-refractivity contribution in [2.75, 3.05) is 12.8 Å². The summed E-state index contributed by atoms with van der Waals surface area (Å²) in [5.41, 5.74) is 0.299. The average molecular weight is 510 g/mol. The molecule has 2 aromatic carbocycles. The number of rotatable bonds is 4. The molecule has 0 aliphatic carbocycles. The van der Waals surface area contributed by atoms with E-state index in [0.29, 0.717) is 25.6 Å². The number of piperidine rings is 1. The van der Waals surface area contributed by atoms with Crippen LogP contribution in [0.4, 0.5) is 17.6 Å². The molecule has 3 rings (SSSR count). The fourth-order valence-corrected chi connectivity index (χ4v) is 3.85. The first kappa shape index (κ1) is 28.0. The molecule has 1 aliphatic heterocycles. The van der Waals surface area contributed by atoms with Crippen LogP contribution in [0.15, 0.2) is 42.5 Å². The van der Waals surface area contributed by atoms with Crippen molar-refractivity contribution in [2.24, 2.45) is 0 Å². The summed E-state index contributed by atoms with van der Waals surface area (Å²) in [5.74, 6) is -1.44. The Labute approximate surface area is 195 Å². The van der Waals surface area contributed by atoms with Crippen molar-refractivity contribution in [3.05, 3.63) is 65.0 Å². The molecule has 4 N–H and O–H groups in total. The first-order chi connectivity index (χ1) is 15.6. The van der Waals surface area contributed by atoms with E-state index in [-0.39, 0.29) is 11.5 Å². The highest BCUT2D eigenvalue weighted by Crippen LogP contribution is 2.36. The van der Waals surface area contributed by atoms with E-state index >= 15 is 0 Å². The van der Waals surface area contributed by atoms with E-state index in [2.05, 4.69) is 0 Å². The molecule has 2 unspecified atom stereocenters. The summed E-state index contributed by atoms with van der Waals surface area (Å²) in [4.78, 5) is 1.69. The quantitative estimate of drug-likeness (QED) is 0.367. The highest BCUT2D eigenvalue weighted by atomic mass is 32.2. The van der Waals surface area contributed by atoms with E-state index in [1.54, 1.807) is 11.8 Å². The Morgan fingerprint density at radius 3 is 2.15 bits per heavy atom. The molecular formula is C22H27F4NO6S. The van der Waals surface area contributed by atoms with Gasteiger partial charge in [-0.25, -0.2) is 4.39 Å². The number of hydrogen-bond acceptors (Lipinski definition) is 6. The molecule has 4 atom stereocenters. The zero-order chi connectivity index (χ0) is 25.8. The molecule has 190 valence electrons. The second-order valence-electron chi connectivity index (χ2n) is 8.19. The lowest BCUT2D eigenvalue weighted by molar-refractivity contribution is -0.137. The Bertz CT molecular complexity index is 1050. The van der Waals surface area contributed by atoms with Crippen LogP contribution in [-0.2, 0) is 16.3 Å². The molecule has 1 aliphatic rings. The minimum atomic E-state index is -4.39. The number of hydrogen-bond donors (Lipinski definition) is 4. The molecule has 1 heterocycles. The molecule has 1 fully saturated rings. The van der Waals surface area contributed by atoms with Gasteiger partial charge < -0.3 is 15.3 Å². The van der Waals surface area contributed by atoms with Crippen molar-refractivity contribution in [3.8, 4) is 5.75 Å². The van der Waals surface area contributed by atoms with Crippen LogP contribution in [0.5, 0.6) is 5.75 Å². The van der Waals surface area contributed by atoms with Gasteiger partial charge in [0.25, 0.3) is 10.1 Å². The lowest BCUT2D eigenvalue weighted by Gasteiger charge is -2.41. The molecule has 0 radical (unpaired) electrons. The minimum absolute atomic E-state index is 0.0982. The Morgan fingerprint density at radius 2 is 1.68 bits per heavy atom. The standard InChI is InChI=1S/C21H23F4NO3.CH4O3S/c1-12(20(29)15-4-7-18(27)17(22)10-15)26-9-8-14(11-19(26)28)13-2-5-16(6-3-13)21(23,24)25;1-5(2,3)4/h2-7,10,12,14,19-20,27-29H,8-9,11H2,1H3;1H3,(H,2,3,4)/t12-,14?,19?,20+;/m1./s1. The van der Waals surface area contributed by atoms with Gasteiger partial charge in [0.2, 0.25) is 0 Å². The van der Waals surface area contributed by atoms with Gasteiger partial charge in [-0.2, -0.15) is 21.6 Å². The van der Waals surface area contributed by atoms with E-state index in [1.165, 1.54) is 18.2 Å². The fourth-order valence-electron chi connectivity index (χ4n) is 3.85. The number of nitrogens with zero attached hydrogens (tertiary/aromatic N) is 1. The second-order valence-corrected chi connectivity index (χ2v) is 9.65. The monoisotopic (exact) mass is 509 g/mol. The van der Waals surface area contributed by atoms with Gasteiger partial charge in [0, 0.05) is 12.6 Å². The molecule has 7 nitrogen and oxygen atoms in total. The number of aliphatic hydroxyl groups is 2. The fraction of sp³-hybridized carbons (Fsp3) is 0.455. The van der Waals surface area contributed by atoms with Crippen LogP contribution < -0.4 is 0 Å². The SMILES string of the molecule is CS(=O)(=O)O.C[C@H]([C@H](O)c1ccc(O)c(F)c1)N1CCC(c2ccc(C(F)(F)F)cc2)CC1O. The summed E-state index contributed by atoms with van der Waals surface area (Å²) < 4.78 is 77.6. The van der Waals surface area contributed by atoms with E-state index in [1.807, 2.05) is 0 Å². The van der Waals surface area contributed by atoms with Crippen LogP contribution in [0, 0.1) is 5.82 Å². The van der Waals surface area contributed by atoms with Crippen molar-refractivity contribution in [3.63, 3.8) is 0 Å². The zero-order valence-electron chi connectivity index (χ0n) is 18.4. The third kappa shape index (κ3) is 7.91. The van der Waals surface area contributed by atoms with Gasteiger partial charge >= 0.3 is 6.18 Å². The average Bonchev–Trinajstić information content (AvgIpc) is 2.73. The minimum Gasteiger partial charge on any atom is -0.505 e. The maximum Gasteiger partial charge on any atom is 0.416 e. The zero-order valence-corrected chi connectivity index (χ0v) is 19.3. The third-order valence-corrected chi connectivity index (χ3v) is 5.62. The van der Waals surface area contributed by atoms with Crippen molar-refractivity contribution in [1.29, 1.82) is 0 Å². The van der Waals surface area contributed by atoms with Crippen molar-refractivity contribution in [1.82, 2.24) is 4.90 Å². The largest absolute Gasteiger partial charge is 0.505 e. The summed E-state index contributed by atoms with van der Waals surface area (Å²) >= 11 is 0. The Morgan fingerprint density at radius 1 is 1.12 bits per heavy atom. The molecule has 0 spiro atoms. The number of aliphatic hydroxyl groups excluding tert-OH is 2. The predicted octanol–water partition coefficient (Wildman–Crippen LogP) is 3.67. The maximum atomic E-state index is 13.6. The van der Waals surface area contributed by atoms with Gasteiger partial charge in [0.15, 0.2) is 11.6 Å². The van der Waals surface area contributed by atoms with Gasteiger partial charge in [0.05, 0.1) is 17.9 Å². The Balaban J connectivity index is 0.000000739. The van der Waals surface area contributed by atoms with E-state index in [4.69, 9.17) is 4.55 Å². The van der Waals surface area contributed by atoms with Crippen LogP contribution in [0.1, 0.15) is 48.5 Å². The first-order valence-corrected chi connectivity index (χ1v) is 12.1.